The van der Waals surface area contributed by atoms with Gasteiger partial charge in [-0.2, -0.15) is 0 Å². The van der Waals surface area contributed by atoms with E-state index in [1.165, 1.54) is 0 Å². The van der Waals surface area contributed by atoms with Crippen molar-refractivity contribution in [2.45, 2.75) is 39.2 Å². The maximum atomic E-state index is 12.4. The Balaban J connectivity index is 2.63. The Hall–Kier alpha value is -2.37. The van der Waals surface area contributed by atoms with Crippen LogP contribution in [0.25, 0.3) is 0 Å². The van der Waals surface area contributed by atoms with Gasteiger partial charge >= 0.3 is 5.97 Å². The van der Waals surface area contributed by atoms with Gasteiger partial charge in [-0.15, -0.1) is 0 Å². The first-order valence-electron chi connectivity index (χ1n) is 8.16. The average Bonchev–Trinajstić information content (AvgIpc) is 2.54. The van der Waals surface area contributed by atoms with Gasteiger partial charge in [-0.1, -0.05) is 44.2 Å². The highest BCUT2D eigenvalue weighted by atomic mass is 16.6. The number of esters is 1. The fraction of sp³-hybridized carbons (Fsp3) is 0.500. The van der Waals surface area contributed by atoms with Crippen molar-refractivity contribution in [3.63, 3.8) is 0 Å². The summed E-state index contributed by atoms with van der Waals surface area (Å²) in [7, 11) is 0. The fourth-order valence-electron chi connectivity index (χ4n) is 3.44. The highest BCUT2D eigenvalue weighted by Gasteiger charge is 2.50. The molecule has 130 valence electrons. The lowest BCUT2D eigenvalue weighted by atomic mass is 9.69. The second-order valence-corrected chi connectivity index (χ2v) is 6.36. The number of hydrogen-bond acceptors (Lipinski definition) is 5. The molecule has 0 unspecified atom stereocenters. The van der Waals surface area contributed by atoms with Crippen molar-refractivity contribution in [2.24, 2.45) is 11.8 Å². The Bertz CT molecular complexity index is 638. The van der Waals surface area contributed by atoms with E-state index in [1.807, 2.05) is 13.8 Å². The number of rotatable bonds is 5. The average molecular weight is 333 g/mol. The first kappa shape index (κ1) is 18.0. The summed E-state index contributed by atoms with van der Waals surface area (Å²) in [5.41, 5.74) is 0.654. The molecule has 6 heteroatoms. The maximum Gasteiger partial charge on any atom is 0.338 e. The molecule has 24 heavy (non-hydrogen) atoms. The van der Waals surface area contributed by atoms with Gasteiger partial charge in [0.1, 0.15) is 5.76 Å². The first-order chi connectivity index (χ1) is 11.4. The zero-order valence-corrected chi connectivity index (χ0v) is 14.1. The van der Waals surface area contributed by atoms with Crippen LogP contribution < -0.4 is 0 Å². The van der Waals surface area contributed by atoms with Crippen LogP contribution in [-0.4, -0.2) is 28.6 Å². The maximum absolute atomic E-state index is 12.4. The van der Waals surface area contributed by atoms with Crippen molar-refractivity contribution in [1.29, 1.82) is 0 Å². The van der Waals surface area contributed by atoms with Gasteiger partial charge in [-0.3, -0.25) is 10.1 Å². The molecule has 0 bridgehead atoms. The SMILES string of the molecule is CCOC(=O)C1=C(O)C[C@H](C(C)C)[C@H]([N+](=O)[O-])[C@H]1c1ccccc1. The van der Waals surface area contributed by atoms with Crippen molar-refractivity contribution in [3.8, 4) is 0 Å². The van der Waals surface area contributed by atoms with E-state index >= 15 is 0 Å². The van der Waals surface area contributed by atoms with Crippen molar-refractivity contribution in [3.05, 3.63) is 57.3 Å². The largest absolute Gasteiger partial charge is 0.512 e. The Labute approximate surface area is 141 Å². The van der Waals surface area contributed by atoms with Crippen LogP contribution >= 0.6 is 0 Å². The van der Waals surface area contributed by atoms with Gasteiger partial charge in [0, 0.05) is 17.3 Å². The van der Waals surface area contributed by atoms with Crippen LogP contribution in [0.5, 0.6) is 0 Å². The second-order valence-electron chi connectivity index (χ2n) is 6.36. The number of carbonyl (C=O) groups excluding carboxylic acids is 1. The molecule has 0 aliphatic heterocycles. The molecule has 0 radical (unpaired) electrons. The summed E-state index contributed by atoms with van der Waals surface area (Å²) in [5, 5.41) is 22.3. The lowest BCUT2D eigenvalue weighted by Crippen LogP contribution is -2.43. The van der Waals surface area contributed by atoms with Crippen LogP contribution in [0.1, 0.15) is 38.7 Å². The molecule has 0 amide bonds. The standard InChI is InChI=1S/C18H23NO5/c1-4-24-18(21)16-14(20)10-13(11(2)3)17(19(22)23)15(16)12-8-6-5-7-9-12/h5-9,11,13,15,17,20H,4,10H2,1-3H3/t13-,15+,17+/m1/s1. The fourth-order valence-corrected chi connectivity index (χ4v) is 3.44. The molecule has 0 aromatic heterocycles. The van der Waals surface area contributed by atoms with E-state index in [0.29, 0.717) is 5.56 Å². The van der Waals surface area contributed by atoms with Crippen LogP contribution in [0.2, 0.25) is 0 Å². The summed E-state index contributed by atoms with van der Waals surface area (Å²) in [5.74, 6) is -1.96. The minimum Gasteiger partial charge on any atom is -0.512 e. The number of aliphatic hydroxyl groups excluding tert-OH is 1. The van der Waals surface area contributed by atoms with Crippen molar-refractivity contribution in [1.82, 2.24) is 0 Å². The monoisotopic (exact) mass is 333 g/mol. The van der Waals surface area contributed by atoms with E-state index in [0.717, 1.165) is 0 Å². The van der Waals surface area contributed by atoms with Gasteiger partial charge in [0.05, 0.1) is 18.1 Å². The van der Waals surface area contributed by atoms with E-state index in [-0.39, 0.29) is 41.1 Å². The summed E-state index contributed by atoms with van der Waals surface area (Å²) in [6, 6.07) is 7.85. The number of nitrogens with zero attached hydrogens (tertiary/aromatic N) is 1. The van der Waals surface area contributed by atoms with Gasteiger partial charge in [-0.25, -0.2) is 4.79 Å². The molecule has 0 saturated carbocycles. The quantitative estimate of drug-likeness (QED) is 0.506. The highest BCUT2D eigenvalue weighted by Crippen LogP contribution is 2.44. The summed E-state index contributed by atoms with van der Waals surface area (Å²) in [6.45, 7) is 5.60. The van der Waals surface area contributed by atoms with Crippen LogP contribution in [0.4, 0.5) is 0 Å². The zero-order chi connectivity index (χ0) is 17.9. The van der Waals surface area contributed by atoms with Gasteiger partial charge in [0.15, 0.2) is 0 Å². The van der Waals surface area contributed by atoms with Crippen LogP contribution in [-0.2, 0) is 9.53 Å². The number of aliphatic hydroxyl groups is 1. The lowest BCUT2D eigenvalue weighted by Gasteiger charge is -2.35. The number of nitro groups is 1. The van der Waals surface area contributed by atoms with E-state index in [4.69, 9.17) is 4.74 Å². The second kappa shape index (κ2) is 7.47. The lowest BCUT2D eigenvalue weighted by molar-refractivity contribution is -0.538. The van der Waals surface area contributed by atoms with Gasteiger partial charge in [0.2, 0.25) is 6.04 Å². The molecule has 2 rings (SSSR count). The minimum absolute atomic E-state index is 0.00231. The third-order valence-corrected chi connectivity index (χ3v) is 4.58. The molecule has 1 aliphatic rings. The Morgan fingerprint density at radius 3 is 2.50 bits per heavy atom. The molecule has 3 atom stereocenters. The summed E-state index contributed by atoms with van der Waals surface area (Å²) in [4.78, 5) is 23.9. The molecular formula is C18H23NO5. The molecule has 0 fully saturated rings. The predicted octanol–water partition coefficient (Wildman–Crippen LogP) is 3.47. The molecule has 0 saturated heterocycles. The molecule has 1 N–H and O–H groups in total. The van der Waals surface area contributed by atoms with E-state index < -0.39 is 17.9 Å². The molecule has 6 nitrogen and oxygen atoms in total. The summed E-state index contributed by atoms with van der Waals surface area (Å²) >= 11 is 0. The van der Waals surface area contributed by atoms with Gasteiger partial charge < -0.3 is 9.84 Å². The van der Waals surface area contributed by atoms with Crippen molar-refractivity contribution >= 4 is 5.97 Å². The molecule has 1 aromatic carbocycles. The Kier molecular flexibility index (Phi) is 5.59. The topological polar surface area (TPSA) is 89.7 Å². The number of carbonyl (C=O) groups is 1. The summed E-state index contributed by atoms with van der Waals surface area (Å²) in [6.07, 6.45) is 0.112. The predicted molar refractivity (Wildman–Crippen MR) is 89.2 cm³/mol. The first-order valence-corrected chi connectivity index (χ1v) is 8.16. The van der Waals surface area contributed by atoms with Crippen LogP contribution in [0, 0.1) is 22.0 Å². The molecular weight excluding hydrogens is 310 g/mol. The van der Waals surface area contributed by atoms with Gasteiger partial charge in [0.25, 0.3) is 0 Å². The van der Waals surface area contributed by atoms with Crippen molar-refractivity contribution < 1.29 is 19.6 Å². The van der Waals surface area contributed by atoms with Gasteiger partial charge in [-0.05, 0) is 18.4 Å². The number of allylic oxidation sites excluding steroid dienone is 1. The smallest absolute Gasteiger partial charge is 0.338 e. The number of ether oxygens (including phenoxy) is 1. The van der Waals surface area contributed by atoms with E-state index in [1.54, 1.807) is 37.3 Å². The summed E-state index contributed by atoms with van der Waals surface area (Å²) < 4.78 is 5.05. The molecule has 0 heterocycles. The highest BCUT2D eigenvalue weighted by molar-refractivity contribution is 5.91. The number of benzene rings is 1. The minimum atomic E-state index is -0.984. The van der Waals surface area contributed by atoms with E-state index in [2.05, 4.69) is 0 Å². The zero-order valence-electron chi connectivity index (χ0n) is 14.1. The molecule has 1 aromatic rings. The number of hydrogen-bond donors (Lipinski definition) is 1. The van der Waals surface area contributed by atoms with Crippen LogP contribution in [0.15, 0.2) is 41.7 Å². The van der Waals surface area contributed by atoms with Crippen LogP contribution in [0.3, 0.4) is 0 Å². The Morgan fingerprint density at radius 1 is 1.38 bits per heavy atom. The normalized spacial score (nSPS) is 24.1. The molecule has 1 aliphatic carbocycles. The Morgan fingerprint density at radius 2 is 2.00 bits per heavy atom. The van der Waals surface area contributed by atoms with E-state index in [9.17, 15) is 20.0 Å². The molecule has 0 spiro atoms. The van der Waals surface area contributed by atoms with Crippen molar-refractivity contribution in [2.75, 3.05) is 6.61 Å². The third-order valence-electron chi connectivity index (χ3n) is 4.58. The third kappa shape index (κ3) is 3.42.